The van der Waals surface area contributed by atoms with Gasteiger partial charge < -0.3 is 14.5 Å². The van der Waals surface area contributed by atoms with Crippen molar-refractivity contribution in [1.82, 2.24) is 20.1 Å². The number of aromatic nitrogens is 3. The van der Waals surface area contributed by atoms with Crippen LogP contribution in [0.1, 0.15) is 39.3 Å². The molecule has 2 aliphatic rings. The van der Waals surface area contributed by atoms with Crippen molar-refractivity contribution >= 4 is 23.6 Å². The van der Waals surface area contributed by atoms with E-state index in [4.69, 9.17) is 16.3 Å². The molecular formula is C16H24ClN5O2. The van der Waals surface area contributed by atoms with E-state index in [9.17, 15) is 4.79 Å². The first-order valence-corrected chi connectivity index (χ1v) is 8.74. The summed E-state index contributed by atoms with van der Waals surface area (Å²) in [6, 6.07) is 0.202. The second-order valence-corrected chi connectivity index (χ2v) is 7.87. The van der Waals surface area contributed by atoms with Gasteiger partial charge in [-0.3, -0.25) is 0 Å². The average Bonchev–Trinajstić information content (AvgIpc) is 2.91. The van der Waals surface area contributed by atoms with E-state index in [0.717, 1.165) is 25.9 Å². The van der Waals surface area contributed by atoms with Crippen LogP contribution in [-0.2, 0) is 4.74 Å². The fourth-order valence-corrected chi connectivity index (χ4v) is 3.46. The molecule has 8 heteroatoms. The smallest absolute Gasteiger partial charge is 0.410 e. The van der Waals surface area contributed by atoms with Crippen LogP contribution >= 0.6 is 11.6 Å². The summed E-state index contributed by atoms with van der Waals surface area (Å²) in [5.41, 5.74) is 0.189. The van der Waals surface area contributed by atoms with Crippen molar-refractivity contribution in [3.8, 4) is 0 Å². The Labute approximate surface area is 147 Å². The maximum Gasteiger partial charge on any atom is 0.410 e. The lowest BCUT2D eigenvalue weighted by Crippen LogP contribution is -2.51. The molecule has 1 amide bonds. The molecule has 2 fully saturated rings. The van der Waals surface area contributed by atoms with Crippen LogP contribution < -0.4 is 4.90 Å². The van der Waals surface area contributed by atoms with E-state index in [1.165, 1.54) is 0 Å². The Morgan fingerprint density at radius 2 is 1.96 bits per heavy atom. The number of hydrogen-bond donors (Lipinski definition) is 0. The van der Waals surface area contributed by atoms with Crippen LogP contribution in [0.4, 0.5) is 10.7 Å². The van der Waals surface area contributed by atoms with E-state index < -0.39 is 5.60 Å². The van der Waals surface area contributed by atoms with Gasteiger partial charge in [0.25, 0.3) is 0 Å². The van der Waals surface area contributed by atoms with Crippen LogP contribution in [0.3, 0.4) is 0 Å². The Balaban J connectivity index is 1.74. The largest absolute Gasteiger partial charge is 0.444 e. The lowest BCUT2D eigenvalue weighted by Gasteiger charge is -2.38. The van der Waals surface area contributed by atoms with Gasteiger partial charge in [0.05, 0.1) is 11.7 Å². The van der Waals surface area contributed by atoms with Crippen LogP contribution in [0.5, 0.6) is 0 Å². The van der Waals surface area contributed by atoms with E-state index in [-0.39, 0.29) is 12.1 Å². The highest BCUT2D eigenvalue weighted by Gasteiger charge is 2.41. The summed E-state index contributed by atoms with van der Waals surface area (Å²) in [6.07, 6.45) is 1.80. The molecule has 1 aromatic heterocycles. The minimum Gasteiger partial charge on any atom is -0.444 e. The molecular weight excluding hydrogens is 330 g/mol. The van der Waals surface area contributed by atoms with E-state index in [0.29, 0.717) is 29.3 Å². The Morgan fingerprint density at radius 1 is 1.25 bits per heavy atom. The molecule has 2 saturated heterocycles. The van der Waals surface area contributed by atoms with E-state index in [1.54, 1.807) is 4.90 Å². The minimum atomic E-state index is -0.483. The number of halogens is 1. The van der Waals surface area contributed by atoms with Crippen molar-refractivity contribution in [2.24, 2.45) is 5.92 Å². The molecule has 24 heavy (non-hydrogen) atoms. The van der Waals surface area contributed by atoms with Crippen molar-refractivity contribution in [2.45, 2.75) is 52.2 Å². The first kappa shape index (κ1) is 17.2. The molecule has 0 unspecified atom stereocenters. The molecule has 0 saturated carbocycles. The molecule has 0 bridgehead atoms. The summed E-state index contributed by atoms with van der Waals surface area (Å²) in [6.45, 7) is 9.72. The zero-order valence-corrected chi connectivity index (χ0v) is 15.4. The molecule has 0 spiro atoms. The van der Waals surface area contributed by atoms with Crippen molar-refractivity contribution in [3.63, 3.8) is 0 Å². The molecule has 1 aromatic rings. The average molecular weight is 354 g/mol. The molecule has 0 N–H and O–H groups in total. The van der Waals surface area contributed by atoms with Gasteiger partial charge in [0.2, 0.25) is 5.95 Å². The maximum atomic E-state index is 12.4. The first-order valence-electron chi connectivity index (χ1n) is 8.36. The molecule has 132 valence electrons. The second-order valence-electron chi connectivity index (χ2n) is 7.51. The van der Waals surface area contributed by atoms with Gasteiger partial charge >= 0.3 is 6.09 Å². The summed E-state index contributed by atoms with van der Waals surface area (Å²) < 4.78 is 5.51. The molecule has 0 aromatic carbocycles. The first-order chi connectivity index (χ1) is 11.2. The number of nitrogens with zero attached hydrogens (tertiary/aromatic N) is 5. The molecule has 2 aliphatic heterocycles. The highest BCUT2D eigenvalue weighted by molar-refractivity contribution is 6.29. The zero-order valence-electron chi connectivity index (χ0n) is 14.6. The quantitative estimate of drug-likeness (QED) is 0.773. The number of rotatable bonds is 1. The number of aryl methyl sites for hydroxylation is 1. The van der Waals surface area contributed by atoms with Crippen LogP contribution in [0.25, 0.3) is 0 Å². The van der Waals surface area contributed by atoms with Gasteiger partial charge in [-0.2, -0.15) is 0 Å². The van der Waals surface area contributed by atoms with Crippen LogP contribution in [-0.4, -0.2) is 57.5 Å². The van der Waals surface area contributed by atoms with Crippen molar-refractivity contribution in [1.29, 1.82) is 0 Å². The van der Waals surface area contributed by atoms with E-state index >= 15 is 0 Å². The van der Waals surface area contributed by atoms with Crippen molar-refractivity contribution in [3.05, 3.63) is 10.8 Å². The number of carbonyl (C=O) groups is 1. The topological polar surface area (TPSA) is 71.5 Å². The number of ether oxygens (including phenoxy) is 1. The Kier molecular flexibility index (Phi) is 4.55. The van der Waals surface area contributed by atoms with Gasteiger partial charge in [0.1, 0.15) is 5.60 Å². The highest BCUT2D eigenvalue weighted by atomic mass is 35.5. The summed E-state index contributed by atoms with van der Waals surface area (Å²) in [7, 11) is 0. The Bertz CT molecular complexity index is 633. The molecule has 3 heterocycles. The fraction of sp³-hybridized carbons (Fsp3) is 0.750. The van der Waals surface area contributed by atoms with Crippen molar-refractivity contribution < 1.29 is 9.53 Å². The summed E-state index contributed by atoms with van der Waals surface area (Å²) >= 11 is 5.93. The van der Waals surface area contributed by atoms with Gasteiger partial charge in [-0.15, -0.1) is 10.2 Å². The maximum absolute atomic E-state index is 12.4. The minimum absolute atomic E-state index is 0.202. The summed E-state index contributed by atoms with van der Waals surface area (Å²) in [5, 5.41) is 8.44. The van der Waals surface area contributed by atoms with Crippen molar-refractivity contribution in [2.75, 3.05) is 24.5 Å². The third-order valence-corrected chi connectivity index (χ3v) is 4.91. The molecule has 0 radical (unpaired) electrons. The number of anilines is 1. The molecule has 2 atom stereocenters. The van der Waals surface area contributed by atoms with E-state index in [2.05, 4.69) is 20.1 Å². The Hall–Kier alpha value is -1.63. The number of carbonyl (C=O) groups excluding carboxylic acids is 1. The number of fused-ring (bicyclic) bond motifs is 1. The van der Waals surface area contributed by atoms with Crippen LogP contribution in [0.2, 0.25) is 5.15 Å². The number of amides is 1. The number of likely N-dealkylation sites (tertiary alicyclic amines) is 1. The predicted octanol–water partition coefficient (Wildman–Crippen LogP) is 2.67. The molecule has 0 aliphatic carbocycles. The van der Waals surface area contributed by atoms with Gasteiger partial charge in [0.15, 0.2) is 5.15 Å². The predicted molar refractivity (Wildman–Crippen MR) is 91.2 cm³/mol. The molecule has 7 nitrogen and oxygen atoms in total. The molecule has 3 rings (SSSR count). The zero-order chi connectivity index (χ0) is 17.5. The highest BCUT2D eigenvalue weighted by Crippen LogP contribution is 2.34. The monoisotopic (exact) mass is 353 g/mol. The third kappa shape index (κ3) is 3.55. The lowest BCUT2D eigenvalue weighted by molar-refractivity contribution is 0.0173. The van der Waals surface area contributed by atoms with Crippen LogP contribution in [0, 0.1) is 12.8 Å². The van der Waals surface area contributed by atoms with Gasteiger partial charge in [0, 0.05) is 19.6 Å². The van der Waals surface area contributed by atoms with Gasteiger partial charge in [-0.25, -0.2) is 9.78 Å². The summed E-state index contributed by atoms with van der Waals surface area (Å²) in [5.74, 6) is 1.14. The SMILES string of the molecule is Cc1nc(N2CC[C@H]3CCN(C(=O)OC(C)(C)C)C[C@H]32)nnc1Cl. The fourth-order valence-electron chi connectivity index (χ4n) is 3.38. The van der Waals surface area contributed by atoms with Gasteiger partial charge in [-0.1, -0.05) is 11.6 Å². The Morgan fingerprint density at radius 3 is 2.62 bits per heavy atom. The number of piperidine rings is 1. The summed E-state index contributed by atoms with van der Waals surface area (Å²) in [4.78, 5) is 20.8. The number of hydrogen-bond acceptors (Lipinski definition) is 6. The van der Waals surface area contributed by atoms with Gasteiger partial charge in [-0.05, 0) is 46.5 Å². The van der Waals surface area contributed by atoms with Crippen LogP contribution in [0.15, 0.2) is 0 Å². The standard InChI is InChI=1S/C16H24ClN5O2/c1-10-13(17)19-20-14(18-10)22-8-6-11-5-7-21(9-12(11)22)15(23)24-16(2,3)4/h11-12H,5-9H2,1-4H3/t11-,12-/m1/s1. The third-order valence-electron chi connectivity index (χ3n) is 4.56. The lowest BCUT2D eigenvalue weighted by atomic mass is 9.92. The second kappa shape index (κ2) is 6.35. The van der Waals surface area contributed by atoms with E-state index in [1.807, 2.05) is 27.7 Å². The normalized spacial score (nSPS) is 24.0.